The highest BCUT2D eigenvalue weighted by Gasteiger charge is 2.44. The Morgan fingerprint density at radius 3 is 2.34 bits per heavy atom. The lowest BCUT2D eigenvalue weighted by Gasteiger charge is -2.40. The van der Waals surface area contributed by atoms with Gasteiger partial charge in [-0.1, -0.05) is 48.0 Å². The van der Waals surface area contributed by atoms with Crippen molar-refractivity contribution in [1.29, 1.82) is 0 Å². The van der Waals surface area contributed by atoms with Gasteiger partial charge in [-0.2, -0.15) is 0 Å². The molecule has 1 saturated carbocycles. The van der Waals surface area contributed by atoms with E-state index in [0.717, 1.165) is 30.6 Å². The molecule has 174 valence electrons. The summed E-state index contributed by atoms with van der Waals surface area (Å²) >= 11 is 6.43. The molecule has 5 atom stereocenters. The normalized spacial score (nSPS) is 28.1. The van der Waals surface area contributed by atoms with Crippen LogP contribution in [-0.2, 0) is 22.3 Å². The molecule has 0 unspecified atom stereocenters. The molecule has 4 rings (SSSR count). The van der Waals surface area contributed by atoms with Crippen molar-refractivity contribution < 1.29 is 29.9 Å². The van der Waals surface area contributed by atoms with Crippen LogP contribution in [0.4, 0.5) is 0 Å². The number of hydrogen-bond donors (Lipinski definition) is 4. The molecule has 0 spiro atoms. The molecule has 0 amide bonds. The average molecular weight is 463 g/mol. The van der Waals surface area contributed by atoms with Gasteiger partial charge >= 0.3 is 0 Å². The zero-order chi connectivity index (χ0) is 22.7. The van der Waals surface area contributed by atoms with Crippen LogP contribution in [0.3, 0.4) is 0 Å². The highest BCUT2D eigenvalue weighted by molar-refractivity contribution is 6.31. The molecule has 4 N–H and O–H groups in total. The summed E-state index contributed by atoms with van der Waals surface area (Å²) in [7, 11) is 0. The van der Waals surface area contributed by atoms with Crippen molar-refractivity contribution in [2.45, 2.75) is 68.7 Å². The Morgan fingerprint density at radius 1 is 0.938 bits per heavy atom. The van der Waals surface area contributed by atoms with Crippen molar-refractivity contribution in [3.63, 3.8) is 0 Å². The molecule has 2 aliphatic rings. The van der Waals surface area contributed by atoms with E-state index in [4.69, 9.17) is 21.1 Å². The minimum Gasteiger partial charge on any atom is -0.394 e. The van der Waals surface area contributed by atoms with Crippen molar-refractivity contribution in [3.8, 4) is 0 Å². The number of aliphatic hydroxyl groups excluding tert-OH is 4. The quantitative estimate of drug-likeness (QED) is 0.427. The molecule has 2 aromatic carbocycles. The van der Waals surface area contributed by atoms with Gasteiger partial charge in [-0.3, -0.25) is 0 Å². The number of aliphatic hydroxyl groups is 4. The number of benzene rings is 2. The minimum atomic E-state index is -1.41. The molecule has 2 aromatic rings. The predicted molar refractivity (Wildman–Crippen MR) is 121 cm³/mol. The van der Waals surface area contributed by atoms with Gasteiger partial charge in [0.2, 0.25) is 0 Å². The monoisotopic (exact) mass is 462 g/mol. The van der Waals surface area contributed by atoms with Crippen LogP contribution in [0.1, 0.15) is 47.6 Å². The Labute approximate surface area is 193 Å². The third-order valence-electron chi connectivity index (χ3n) is 6.20. The standard InChI is InChI=1S/C25H31ClO6/c26-20-10-7-17(25-24(30)23(29)22(28)21(14-27)32-25)13-18(20)12-16-5-3-15(4-6-16)2-1-11-31-19-8-9-19/h3-7,10,13,19,21-25,27-30H,1-2,8-9,11-12,14H2/t21-,22-,23+,24-,25+/m1/s1. The third kappa shape index (κ3) is 5.69. The van der Waals surface area contributed by atoms with Crippen LogP contribution < -0.4 is 0 Å². The topological polar surface area (TPSA) is 99.4 Å². The Balaban J connectivity index is 1.41. The van der Waals surface area contributed by atoms with E-state index in [1.807, 2.05) is 6.07 Å². The summed E-state index contributed by atoms with van der Waals surface area (Å²) in [5, 5.41) is 40.6. The van der Waals surface area contributed by atoms with Crippen LogP contribution in [0.5, 0.6) is 0 Å². The second-order valence-corrected chi connectivity index (χ2v) is 9.17. The molecular weight excluding hydrogens is 432 g/mol. The van der Waals surface area contributed by atoms with E-state index in [9.17, 15) is 20.4 Å². The second-order valence-electron chi connectivity index (χ2n) is 8.77. The summed E-state index contributed by atoms with van der Waals surface area (Å²) in [5.74, 6) is 0. The molecule has 1 aliphatic carbocycles. The summed E-state index contributed by atoms with van der Waals surface area (Å²) in [6, 6.07) is 13.7. The van der Waals surface area contributed by atoms with Gasteiger partial charge < -0.3 is 29.9 Å². The van der Waals surface area contributed by atoms with Gasteiger partial charge in [-0.25, -0.2) is 0 Å². The number of rotatable bonds is 9. The van der Waals surface area contributed by atoms with Gasteiger partial charge in [0.25, 0.3) is 0 Å². The summed E-state index contributed by atoms with van der Waals surface area (Å²) in [6.07, 6.45) is -0.404. The fraction of sp³-hybridized carbons (Fsp3) is 0.520. The summed E-state index contributed by atoms with van der Waals surface area (Å²) < 4.78 is 11.4. The Morgan fingerprint density at radius 2 is 1.66 bits per heavy atom. The van der Waals surface area contributed by atoms with Crippen molar-refractivity contribution in [3.05, 3.63) is 69.7 Å². The SMILES string of the molecule is OC[C@H]1O[C@@H](c2ccc(Cl)c(Cc3ccc(CCCOC4CC4)cc3)c2)[C@H](O)[C@@H](O)[C@@H]1O. The first-order valence-electron chi connectivity index (χ1n) is 11.2. The fourth-order valence-corrected chi connectivity index (χ4v) is 4.27. The molecule has 1 heterocycles. The molecule has 6 nitrogen and oxygen atoms in total. The maximum Gasteiger partial charge on any atom is 0.113 e. The van der Waals surface area contributed by atoms with Gasteiger partial charge in [0.15, 0.2) is 0 Å². The van der Waals surface area contributed by atoms with E-state index in [1.54, 1.807) is 12.1 Å². The van der Waals surface area contributed by atoms with Gasteiger partial charge in [0.1, 0.15) is 30.5 Å². The number of hydrogen-bond acceptors (Lipinski definition) is 6. The zero-order valence-corrected chi connectivity index (χ0v) is 18.7. The van der Waals surface area contributed by atoms with E-state index in [2.05, 4.69) is 24.3 Å². The van der Waals surface area contributed by atoms with Crippen molar-refractivity contribution in [2.24, 2.45) is 0 Å². The lowest BCUT2D eigenvalue weighted by atomic mass is 9.90. The van der Waals surface area contributed by atoms with E-state index in [-0.39, 0.29) is 0 Å². The largest absolute Gasteiger partial charge is 0.394 e. The highest BCUT2D eigenvalue weighted by atomic mass is 35.5. The highest BCUT2D eigenvalue weighted by Crippen LogP contribution is 2.34. The van der Waals surface area contributed by atoms with E-state index >= 15 is 0 Å². The van der Waals surface area contributed by atoms with Crippen LogP contribution in [0.15, 0.2) is 42.5 Å². The van der Waals surface area contributed by atoms with Crippen molar-refractivity contribution in [2.75, 3.05) is 13.2 Å². The molecule has 0 radical (unpaired) electrons. The fourth-order valence-electron chi connectivity index (χ4n) is 4.09. The van der Waals surface area contributed by atoms with Crippen LogP contribution in [-0.4, -0.2) is 64.2 Å². The zero-order valence-electron chi connectivity index (χ0n) is 17.9. The van der Waals surface area contributed by atoms with Crippen LogP contribution in [0.25, 0.3) is 0 Å². The molecule has 2 fully saturated rings. The average Bonchev–Trinajstić information content (AvgIpc) is 3.63. The second kappa shape index (κ2) is 10.6. The smallest absolute Gasteiger partial charge is 0.113 e. The van der Waals surface area contributed by atoms with Gasteiger partial charge in [-0.15, -0.1) is 0 Å². The predicted octanol–water partition coefficient (Wildman–Crippen LogP) is 2.56. The minimum absolute atomic E-state index is 0.457. The summed E-state index contributed by atoms with van der Waals surface area (Å²) in [6.45, 7) is 0.355. The molecular formula is C25H31ClO6. The first kappa shape index (κ1) is 23.6. The van der Waals surface area contributed by atoms with Crippen LogP contribution in [0.2, 0.25) is 5.02 Å². The molecule has 7 heteroatoms. The summed E-state index contributed by atoms with van der Waals surface area (Å²) in [4.78, 5) is 0. The van der Waals surface area contributed by atoms with Gasteiger partial charge in [0.05, 0.1) is 12.7 Å². The maximum absolute atomic E-state index is 10.4. The maximum atomic E-state index is 10.4. The van der Waals surface area contributed by atoms with Gasteiger partial charge in [0, 0.05) is 11.6 Å². The Kier molecular flexibility index (Phi) is 7.84. The first-order valence-corrected chi connectivity index (χ1v) is 11.6. The molecule has 0 aromatic heterocycles. The third-order valence-corrected chi connectivity index (χ3v) is 6.56. The molecule has 1 saturated heterocycles. The lowest BCUT2D eigenvalue weighted by Crippen LogP contribution is -2.55. The van der Waals surface area contributed by atoms with E-state index in [0.29, 0.717) is 23.1 Å². The molecule has 1 aliphatic heterocycles. The van der Waals surface area contributed by atoms with E-state index < -0.39 is 37.1 Å². The lowest BCUT2D eigenvalue weighted by molar-refractivity contribution is -0.231. The summed E-state index contributed by atoms with van der Waals surface area (Å²) in [5.41, 5.74) is 3.88. The number of halogens is 1. The first-order chi connectivity index (χ1) is 15.5. The van der Waals surface area contributed by atoms with Crippen molar-refractivity contribution >= 4 is 11.6 Å². The van der Waals surface area contributed by atoms with E-state index in [1.165, 1.54) is 18.4 Å². The Hall–Kier alpha value is -1.51. The van der Waals surface area contributed by atoms with Crippen LogP contribution in [0, 0.1) is 0 Å². The Bertz CT molecular complexity index is 883. The van der Waals surface area contributed by atoms with Crippen LogP contribution >= 0.6 is 11.6 Å². The number of aryl methyl sites for hydroxylation is 1. The molecule has 32 heavy (non-hydrogen) atoms. The van der Waals surface area contributed by atoms with Gasteiger partial charge in [-0.05, 0) is 60.4 Å². The number of ether oxygens (including phenoxy) is 2. The molecule has 0 bridgehead atoms. The van der Waals surface area contributed by atoms with Crippen molar-refractivity contribution in [1.82, 2.24) is 0 Å².